The first-order valence-electron chi connectivity index (χ1n) is 14.8. The van der Waals surface area contributed by atoms with Crippen LogP contribution in [0, 0.1) is 23.1 Å². The Morgan fingerprint density at radius 2 is 1.88 bits per heavy atom. The van der Waals surface area contributed by atoms with Gasteiger partial charge in [0.2, 0.25) is 5.91 Å². The fourth-order valence-corrected chi connectivity index (χ4v) is 7.43. The van der Waals surface area contributed by atoms with Crippen LogP contribution in [-0.2, 0) is 32.9 Å². The molecule has 6 aliphatic rings. The minimum Gasteiger partial charge on any atom is -0.378 e. The maximum absolute atomic E-state index is 15.4. The summed E-state index contributed by atoms with van der Waals surface area (Å²) in [5.74, 6) is 0.164. The van der Waals surface area contributed by atoms with Gasteiger partial charge in [0, 0.05) is 19.5 Å². The number of amides is 1. The van der Waals surface area contributed by atoms with Crippen LogP contribution in [0.4, 0.5) is 4.39 Å². The number of carbonyl (C=O) groups excluding carboxylic acids is 1. The van der Waals surface area contributed by atoms with Crippen molar-refractivity contribution in [1.82, 2.24) is 15.5 Å². The van der Waals surface area contributed by atoms with E-state index in [0.29, 0.717) is 24.1 Å². The van der Waals surface area contributed by atoms with Crippen LogP contribution in [0.25, 0.3) is 11.1 Å². The second kappa shape index (κ2) is 10.2. The number of piperidine rings is 3. The van der Waals surface area contributed by atoms with Crippen molar-refractivity contribution in [3.8, 4) is 17.2 Å². The van der Waals surface area contributed by atoms with Gasteiger partial charge in [0.15, 0.2) is 0 Å². The highest BCUT2D eigenvalue weighted by Crippen LogP contribution is 2.46. The maximum Gasteiger partial charge on any atom is 0.241 e. The first-order valence-corrected chi connectivity index (χ1v) is 14.8. The van der Waals surface area contributed by atoms with E-state index in [9.17, 15) is 10.1 Å². The fourth-order valence-electron chi connectivity index (χ4n) is 7.43. The van der Waals surface area contributed by atoms with Gasteiger partial charge in [-0.1, -0.05) is 24.3 Å². The lowest BCUT2D eigenvalue weighted by Crippen LogP contribution is -2.64. The topological polar surface area (TPSA) is 86.6 Å². The van der Waals surface area contributed by atoms with Crippen LogP contribution < -0.4 is 10.6 Å². The first-order chi connectivity index (χ1) is 19.5. The van der Waals surface area contributed by atoms with Gasteiger partial charge in [0.05, 0.1) is 43.1 Å². The summed E-state index contributed by atoms with van der Waals surface area (Å²) in [5.41, 5.74) is 3.80. The van der Waals surface area contributed by atoms with Crippen molar-refractivity contribution in [1.29, 1.82) is 5.26 Å². The van der Waals surface area contributed by atoms with E-state index in [0.717, 1.165) is 82.5 Å². The molecule has 0 unspecified atom stereocenters. The standard InChI is InChI=1S/C32H37FN4O3/c33-29-15-23(1-3-24(29)13-26(16-34)36-30(38)31-7-5-21(6-8-31)17-35-31)22-2-4-25-18-40-32(28(25)14-22)9-11-37(12-10-32)27-19-39-20-27/h1-4,14-15,21,26-27,35H,5-13,17-20H2,(H,36,38)/t21?,26-,31?/m0/s1. The summed E-state index contributed by atoms with van der Waals surface area (Å²) < 4.78 is 27.2. The summed E-state index contributed by atoms with van der Waals surface area (Å²) >= 11 is 0. The molecule has 5 aliphatic heterocycles. The molecule has 2 N–H and O–H groups in total. The van der Waals surface area contributed by atoms with Gasteiger partial charge in [0.25, 0.3) is 0 Å². The summed E-state index contributed by atoms with van der Waals surface area (Å²) in [7, 11) is 0. The largest absolute Gasteiger partial charge is 0.378 e. The van der Waals surface area contributed by atoms with Crippen LogP contribution in [0.2, 0.25) is 0 Å². The Morgan fingerprint density at radius 3 is 2.52 bits per heavy atom. The number of hydrogen-bond acceptors (Lipinski definition) is 6. The highest BCUT2D eigenvalue weighted by atomic mass is 19.1. The summed E-state index contributed by atoms with van der Waals surface area (Å²) in [5, 5.41) is 16.1. The Bertz CT molecular complexity index is 1320. The third kappa shape index (κ3) is 4.53. The molecule has 2 aromatic carbocycles. The molecule has 5 heterocycles. The predicted octanol–water partition coefficient (Wildman–Crippen LogP) is 3.80. The second-order valence-electron chi connectivity index (χ2n) is 12.5. The molecule has 1 spiro atoms. The fraction of sp³-hybridized carbons (Fsp3) is 0.562. The number of likely N-dealkylation sites (tertiary alicyclic amines) is 1. The molecule has 5 fully saturated rings. The number of ether oxygens (including phenoxy) is 2. The number of halogens is 1. The Labute approximate surface area is 235 Å². The van der Waals surface area contributed by atoms with E-state index in [-0.39, 0.29) is 23.7 Å². The Kier molecular flexibility index (Phi) is 6.67. The lowest BCUT2D eigenvalue weighted by atomic mass is 9.71. The predicted molar refractivity (Wildman–Crippen MR) is 148 cm³/mol. The zero-order chi connectivity index (χ0) is 27.3. The van der Waals surface area contributed by atoms with Gasteiger partial charge in [0.1, 0.15) is 11.9 Å². The van der Waals surface area contributed by atoms with Gasteiger partial charge in [-0.05, 0) is 90.9 Å². The molecule has 1 amide bonds. The maximum atomic E-state index is 15.4. The molecule has 8 rings (SSSR count). The lowest BCUT2D eigenvalue weighted by Gasteiger charge is -2.46. The van der Waals surface area contributed by atoms with Gasteiger partial charge in [-0.25, -0.2) is 4.39 Å². The third-order valence-electron chi connectivity index (χ3n) is 10.2. The van der Waals surface area contributed by atoms with Crippen molar-refractivity contribution in [3.05, 3.63) is 58.9 Å². The van der Waals surface area contributed by atoms with Crippen molar-refractivity contribution in [3.63, 3.8) is 0 Å². The van der Waals surface area contributed by atoms with Gasteiger partial charge in [-0.3, -0.25) is 9.69 Å². The van der Waals surface area contributed by atoms with Crippen LogP contribution >= 0.6 is 0 Å². The third-order valence-corrected chi connectivity index (χ3v) is 10.2. The average Bonchev–Trinajstić information content (AvgIpc) is 3.32. The first kappa shape index (κ1) is 26.1. The SMILES string of the molecule is N#C[C@H](Cc1ccc(-c2ccc3c(c2)C2(CCN(C4COC4)CC2)OC3)cc1F)NC(=O)C12CCC(CC1)CN2. The van der Waals surface area contributed by atoms with Crippen LogP contribution in [0.15, 0.2) is 36.4 Å². The van der Waals surface area contributed by atoms with E-state index < -0.39 is 11.6 Å². The molecule has 40 heavy (non-hydrogen) atoms. The van der Waals surface area contributed by atoms with Gasteiger partial charge < -0.3 is 20.1 Å². The Hall–Kier alpha value is -2.83. The van der Waals surface area contributed by atoms with Crippen LogP contribution in [0.5, 0.6) is 0 Å². The van der Waals surface area contributed by atoms with Gasteiger partial charge >= 0.3 is 0 Å². The van der Waals surface area contributed by atoms with E-state index in [1.807, 2.05) is 12.1 Å². The molecular weight excluding hydrogens is 507 g/mol. The molecular formula is C32H37FN4O3. The molecule has 2 bridgehead atoms. The van der Waals surface area contributed by atoms with Crippen LogP contribution in [-0.4, -0.2) is 61.3 Å². The number of hydrogen-bond donors (Lipinski definition) is 2. The van der Waals surface area contributed by atoms with Crippen molar-refractivity contribution < 1.29 is 18.7 Å². The van der Waals surface area contributed by atoms with E-state index in [1.54, 1.807) is 12.1 Å². The van der Waals surface area contributed by atoms with Crippen molar-refractivity contribution in [2.45, 2.75) is 74.8 Å². The average molecular weight is 545 g/mol. The number of nitrogens with zero attached hydrogens (tertiary/aromatic N) is 2. The zero-order valence-electron chi connectivity index (χ0n) is 22.9. The molecule has 8 heteroatoms. The molecule has 4 saturated heterocycles. The highest BCUT2D eigenvalue weighted by molar-refractivity contribution is 5.87. The number of nitrogens with one attached hydrogen (secondary N) is 2. The summed E-state index contributed by atoms with van der Waals surface area (Å²) in [6.07, 6.45) is 5.71. The smallest absolute Gasteiger partial charge is 0.241 e. The van der Waals surface area contributed by atoms with Crippen molar-refractivity contribution in [2.75, 3.05) is 32.8 Å². The lowest BCUT2D eigenvalue weighted by molar-refractivity contribution is -0.131. The minimum atomic E-state index is -0.780. The van der Waals surface area contributed by atoms with Crippen molar-refractivity contribution >= 4 is 5.91 Å². The number of benzene rings is 2. The van der Waals surface area contributed by atoms with E-state index in [2.05, 4.69) is 33.7 Å². The number of nitriles is 1. The number of carbonyl (C=O) groups is 1. The molecule has 7 nitrogen and oxygen atoms in total. The summed E-state index contributed by atoms with van der Waals surface area (Å²) in [6.45, 7) is 5.12. The van der Waals surface area contributed by atoms with Gasteiger partial charge in [-0.2, -0.15) is 5.26 Å². The monoisotopic (exact) mass is 544 g/mol. The summed E-state index contributed by atoms with van der Waals surface area (Å²) in [4.78, 5) is 15.6. The molecule has 0 aromatic heterocycles. The van der Waals surface area contributed by atoms with E-state index in [4.69, 9.17) is 9.47 Å². The number of fused-ring (bicyclic) bond motifs is 5. The van der Waals surface area contributed by atoms with Crippen LogP contribution in [0.3, 0.4) is 0 Å². The molecule has 1 atom stereocenters. The molecule has 1 saturated carbocycles. The summed E-state index contributed by atoms with van der Waals surface area (Å²) in [6, 6.07) is 13.5. The Morgan fingerprint density at radius 1 is 1.12 bits per heavy atom. The van der Waals surface area contributed by atoms with Crippen LogP contribution in [0.1, 0.15) is 55.2 Å². The molecule has 0 radical (unpaired) electrons. The molecule has 1 aliphatic carbocycles. The second-order valence-corrected chi connectivity index (χ2v) is 12.5. The quantitative estimate of drug-likeness (QED) is 0.576. The van der Waals surface area contributed by atoms with Gasteiger partial charge in [-0.15, -0.1) is 0 Å². The molecule has 210 valence electrons. The van der Waals surface area contributed by atoms with E-state index in [1.165, 1.54) is 11.1 Å². The number of rotatable bonds is 6. The highest BCUT2D eigenvalue weighted by Gasteiger charge is 2.46. The Balaban J connectivity index is 1.05. The normalized spacial score (nSPS) is 28.1. The van der Waals surface area contributed by atoms with E-state index >= 15 is 4.39 Å². The van der Waals surface area contributed by atoms with Crippen molar-refractivity contribution in [2.24, 2.45) is 5.92 Å². The minimum absolute atomic E-state index is 0.129. The zero-order valence-corrected chi connectivity index (χ0v) is 22.9. The molecule has 2 aromatic rings.